The molecule has 1 aliphatic carbocycles. The average molecular weight is 182 g/mol. The van der Waals surface area contributed by atoms with Gasteiger partial charge in [0.1, 0.15) is 0 Å². The fourth-order valence-electron chi connectivity index (χ4n) is 1.10. The van der Waals surface area contributed by atoms with Crippen LogP contribution in [0, 0.1) is 6.92 Å². The largest absolute Gasteiger partial charge is 0.336 e. The van der Waals surface area contributed by atoms with Gasteiger partial charge in [-0.2, -0.15) is 4.98 Å². The molecule has 1 aliphatic rings. The Bertz CT molecular complexity index is 269. The third kappa shape index (κ3) is 2.69. The van der Waals surface area contributed by atoms with E-state index in [0.717, 1.165) is 19.1 Å². The summed E-state index contributed by atoms with van der Waals surface area (Å²) < 4.78 is 4.89. The van der Waals surface area contributed by atoms with Crippen LogP contribution in [0.3, 0.4) is 0 Å². The average Bonchev–Trinajstić information content (AvgIpc) is 2.84. The highest BCUT2D eigenvalue weighted by atomic mass is 16.5. The Labute approximate surface area is 76.9 Å². The Hall–Kier alpha value is -1.10. The van der Waals surface area contributed by atoms with E-state index in [0.29, 0.717) is 11.8 Å². The molecular formula is C8H14N4O. The molecule has 1 heterocycles. The van der Waals surface area contributed by atoms with Crippen molar-refractivity contribution in [1.82, 2.24) is 15.5 Å². The minimum absolute atomic E-state index is 0.509. The quantitative estimate of drug-likeness (QED) is 0.651. The Morgan fingerprint density at radius 1 is 1.46 bits per heavy atom. The third-order valence-electron chi connectivity index (χ3n) is 1.94. The molecule has 2 N–H and O–H groups in total. The second-order valence-electron chi connectivity index (χ2n) is 3.30. The van der Waals surface area contributed by atoms with Crippen LogP contribution < -0.4 is 10.6 Å². The van der Waals surface area contributed by atoms with Crippen LogP contribution in [0.25, 0.3) is 0 Å². The van der Waals surface area contributed by atoms with Crippen LogP contribution in [-0.4, -0.2) is 29.3 Å². The second-order valence-corrected chi connectivity index (χ2v) is 3.30. The van der Waals surface area contributed by atoms with Crippen molar-refractivity contribution in [2.45, 2.75) is 25.8 Å². The van der Waals surface area contributed by atoms with Gasteiger partial charge in [0.25, 0.3) is 0 Å². The number of anilines is 1. The molecule has 0 spiro atoms. The van der Waals surface area contributed by atoms with E-state index < -0.39 is 0 Å². The molecule has 0 amide bonds. The predicted octanol–water partition coefficient (Wildman–Crippen LogP) is 0.542. The second kappa shape index (κ2) is 3.74. The predicted molar refractivity (Wildman–Crippen MR) is 48.5 cm³/mol. The van der Waals surface area contributed by atoms with Gasteiger partial charge in [0.05, 0.1) is 0 Å². The summed E-state index contributed by atoms with van der Waals surface area (Å²) in [5.74, 6) is 0.664. The molecule has 5 heteroatoms. The highest BCUT2D eigenvalue weighted by Gasteiger charge is 2.19. The van der Waals surface area contributed by atoms with Crippen LogP contribution in [0.1, 0.15) is 18.7 Å². The van der Waals surface area contributed by atoms with Crippen LogP contribution in [0.5, 0.6) is 0 Å². The molecule has 1 fully saturated rings. The maximum atomic E-state index is 4.89. The topological polar surface area (TPSA) is 63.0 Å². The molecule has 0 saturated heterocycles. The lowest BCUT2D eigenvalue weighted by molar-refractivity contribution is 0.425. The zero-order valence-corrected chi connectivity index (χ0v) is 7.71. The number of aromatic nitrogens is 2. The lowest BCUT2D eigenvalue weighted by Gasteiger charge is -2.01. The highest BCUT2D eigenvalue weighted by molar-refractivity contribution is 5.17. The molecule has 0 bridgehead atoms. The van der Waals surface area contributed by atoms with Crippen molar-refractivity contribution in [2.75, 3.05) is 18.4 Å². The summed E-state index contributed by atoms with van der Waals surface area (Å²) in [5, 5.41) is 10.1. The third-order valence-corrected chi connectivity index (χ3v) is 1.94. The first kappa shape index (κ1) is 8.50. The highest BCUT2D eigenvalue weighted by Crippen LogP contribution is 2.17. The SMILES string of the molecule is Cc1noc(NCCNC2CC2)n1. The summed E-state index contributed by atoms with van der Waals surface area (Å²) in [6.45, 7) is 3.58. The molecule has 1 saturated carbocycles. The van der Waals surface area contributed by atoms with Gasteiger partial charge >= 0.3 is 6.01 Å². The molecule has 0 aromatic carbocycles. The number of aryl methyl sites for hydroxylation is 1. The van der Waals surface area contributed by atoms with E-state index in [1.807, 2.05) is 0 Å². The minimum Gasteiger partial charge on any atom is -0.336 e. The molecule has 13 heavy (non-hydrogen) atoms. The summed E-state index contributed by atoms with van der Waals surface area (Å²) in [5.41, 5.74) is 0. The van der Waals surface area contributed by atoms with Gasteiger partial charge in [-0.05, 0) is 19.8 Å². The molecule has 0 radical (unpaired) electrons. The van der Waals surface area contributed by atoms with Crippen molar-refractivity contribution in [3.8, 4) is 0 Å². The van der Waals surface area contributed by atoms with Gasteiger partial charge in [0, 0.05) is 19.1 Å². The summed E-state index contributed by atoms with van der Waals surface area (Å²) in [7, 11) is 0. The van der Waals surface area contributed by atoms with Crippen LogP contribution in [0.2, 0.25) is 0 Å². The van der Waals surface area contributed by atoms with Crippen molar-refractivity contribution in [3.63, 3.8) is 0 Å². The minimum atomic E-state index is 0.509. The van der Waals surface area contributed by atoms with Gasteiger partial charge in [-0.15, -0.1) is 0 Å². The molecule has 0 unspecified atom stereocenters. The van der Waals surface area contributed by atoms with E-state index in [-0.39, 0.29) is 0 Å². The summed E-state index contributed by atoms with van der Waals surface area (Å²) in [4.78, 5) is 4.03. The molecule has 72 valence electrons. The maximum absolute atomic E-state index is 4.89. The molecule has 1 aromatic heterocycles. The van der Waals surface area contributed by atoms with Gasteiger partial charge in [0.2, 0.25) is 0 Å². The first-order valence-corrected chi connectivity index (χ1v) is 4.62. The zero-order chi connectivity index (χ0) is 9.10. The van der Waals surface area contributed by atoms with Crippen LogP contribution in [0.4, 0.5) is 6.01 Å². The molecule has 2 rings (SSSR count). The monoisotopic (exact) mass is 182 g/mol. The van der Waals surface area contributed by atoms with E-state index in [1.165, 1.54) is 12.8 Å². The van der Waals surface area contributed by atoms with Crippen LogP contribution >= 0.6 is 0 Å². The molecule has 1 aromatic rings. The fourth-order valence-corrected chi connectivity index (χ4v) is 1.10. The van der Waals surface area contributed by atoms with E-state index in [2.05, 4.69) is 20.8 Å². The Morgan fingerprint density at radius 2 is 2.31 bits per heavy atom. The lowest BCUT2D eigenvalue weighted by atomic mass is 10.6. The fraction of sp³-hybridized carbons (Fsp3) is 0.750. The first-order chi connectivity index (χ1) is 6.34. The Balaban J connectivity index is 1.61. The van der Waals surface area contributed by atoms with E-state index in [9.17, 15) is 0 Å². The summed E-state index contributed by atoms with van der Waals surface area (Å²) in [6.07, 6.45) is 2.64. The number of hydrogen-bond donors (Lipinski definition) is 2. The first-order valence-electron chi connectivity index (χ1n) is 4.62. The normalized spacial score (nSPS) is 16.1. The smallest absolute Gasteiger partial charge is 0.321 e. The van der Waals surface area contributed by atoms with Crippen molar-refractivity contribution < 1.29 is 4.52 Å². The van der Waals surface area contributed by atoms with Gasteiger partial charge < -0.3 is 15.2 Å². The van der Waals surface area contributed by atoms with Crippen molar-refractivity contribution in [3.05, 3.63) is 5.82 Å². The van der Waals surface area contributed by atoms with Gasteiger partial charge in [-0.25, -0.2) is 0 Å². The molecular weight excluding hydrogens is 168 g/mol. The Kier molecular flexibility index (Phi) is 2.44. The standard InChI is InChI=1S/C8H14N4O/c1-6-11-8(13-12-6)10-5-4-9-7-2-3-7/h7,9H,2-5H2,1H3,(H,10,11,12). The van der Waals surface area contributed by atoms with Crippen LogP contribution in [0.15, 0.2) is 4.52 Å². The summed E-state index contributed by atoms with van der Waals surface area (Å²) >= 11 is 0. The van der Waals surface area contributed by atoms with Crippen molar-refractivity contribution in [2.24, 2.45) is 0 Å². The molecule has 0 atom stereocenters. The maximum Gasteiger partial charge on any atom is 0.321 e. The lowest BCUT2D eigenvalue weighted by Crippen LogP contribution is -2.23. The van der Waals surface area contributed by atoms with Crippen molar-refractivity contribution >= 4 is 6.01 Å². The Morgan fingerprint density at radius 3 is 2.92 bits per heavy atom. The van der Waals surface area contributed by atoms with E-state index >= 15 is 0 Å². The van der Waals surface area contributed by atoms with Gasteiger partial charge in [-0.3, -0.25) is 0 Å². The van der Waals surface area contributed by atoms with Crippen LogP contribution in [-0.2, 0) is 0 Å². The van der Waals surface area contributed by atoms with Gasteiger partial charge in [0.15, 0.2) is 5.82 Å². The molecule has 5 nitrogen and oxygen atoms in total. The van der Waals surface area contributed by atoms with Crippen molar-refractivity contribution in [1.29, 1.82) is 0 Å². The van der Waals surface area contributed by atoms with E-state index in [1.54, 1.807) is 6.92 Å². The number of nitrogens with one attached hydrogen (secondary N) is 2. The molecule has 0 aliphatic heterocycles. The zero-order valence-electron chi connectivity index (χ0n) is 7.71. The number of nitrogens with zero attached hydrogens (tertiary/aromatic N) is 2. The summed E-state index contributed by atoms with van der Waals surface area (Å²) in [6, 6.07) is 1.27. The number of hydrogen-bond acceptors (Lipinski definition) is 5. The van der Waals surface area contributed by atoms with E-state index in [4.69, 9.17) is 4.52 Å². The number of rotatable bonds is 5. The van der Waals surface area contributed by atoms with Gasteiger partial charge in [-0.1, -0.05) is 5.16 Å².